The fourth-order valence-corrected chi connectivity index (χ4v) is 2.05. The van der Waals surface area contributed by atoms with Crippen LogP contribution in [0.3, 0.4) is 0 Å². The van der Waals surface area contributed by atoms with Gasteiger partial charge in [-0.3, -0.25) is 9.67 Å². The lowest BCUT2D eigenvalue weighted by molar-refractivity contribution is 0.414. The molecule has 20 heavy (non-hydrogen) atoms. The maximum atomic E-state index is 8.94. The van der Waals surface area contributed by atoms with E-state index in [-0.39, 0.29) is 0 Å². The summed E-state index contributed by atoms with van der Waals surface area (Å²) in [7, 11) is 1.64. The number of benzene rings is 1. The average molecular weight is 264 g/mol. The molecule has 0 fully saturated rings. The number of nitriles is 1. The van der Waals surface area contributed by atoms with Gasteiger partial charge >= 0.3 is 0 Å². The second kappa shape index (κ2) is 5.02. The van der Waals surface area contributed by atoms with E-state index in [4.69, 9.17) is 10.00 Å². The molecular weight excluding hydrogens is 252 g/mol. The summed E-state index contributed by atoms with van der Waals surface area (Å²) in [6, 6.07) is 11.7. The zero-order chi connectivity index (χ0) is 13.9. The molecule has 0 bridgehead atoms. The Balaban J connectivity index is 1.95. The number of fused-ring (bicyclic) bond motifs is 1. The van der Waals surface area contributed by atoms with E-state index < -0.39 is 0 Å². The van der Waals surface area contributed by atoms with E-state index in [1.165, 1.54) is 0 Å². The van der Waals surface area contributed by atoms with Crippen molar-refractivity contribution in [1.29, 1.82) is 5.26 Å². The predicted molar refractivity (Wildman–Crippen MR) is 74.3 cm³/mol. The van der Waals surface area contributed by atoms with Crippen LogP contribution in [0.15, 0.2) is 42.7 Å². The molecule has 0 unspecified atom stereocenters. The monoisotopic (exact) mass is 264 g/mol. The van der Waals surface area contributed by atoms with Crippen molar-refractivity contribution in [3.05, 3.63) is 53.9 Å². The van der Waals surface area contributed by atoms with Gasteiger partial charge in [0.15, 0.2) is 0 Å². The van der Waals surface area contributed by atoms with E-state index in [1.807, 2.05) is 28.9 Å². The first kappa shape index (κ1) is 12.2. The van der Waals surface area contributed by atoms with Crippen LogP contribution in [0, 0.1) is 11.3 Å². The molecule has 98 valence electrons. The predicted octanol–water partition coefficient (Wildman–Crippen LogP) is 2.36. The lowest BCUT2D eigenvalue weighted by Crippen LogP contribution is -2.01. The van der Waals surface area contributed by atoms with Gasteiger partial charge in [-0.15, -0.1) is 0 Å². The molecular formula is C15H12N4O. The highest BCUT2D eigenvalue weighted by Gasteiger charge is 2.06. The number of nitrogens with zero attached hydrogens (tertiary/aromatic N) is 4. The molecule has 1 aromatic carbocycles. The number of pyridine rings is 1. The zero-order valence-electron chi connectivity index (χ0n) is 10.9. The molecule has 0 aliphatic carbocycles. The largest absolute Gasteiger partial charge is 0.497 e. The quantitative estimate of drug-likeness (QED) is 0.728. The molecule has 0 saturated heterocycles. The molecule has 0 aliphatic heterocycles. The number of aromatic nitrogens is 3. The van der Waals surface area contributed by atoms with Gasteiger partial charge < -0.3 is 4.74 Å². The number of methoxy groups -OCH3 is 1. The van der Waals surface area contributed by atoms with Crippen molar-refractivity contribution in [2.24, 2.45) is 0 Å². The highest BCUT2D eigenvalue weighted by Crippen LogP contribution is 2.16. The first-order valence-corrected chi connectivity index (χ1v) is 6.15. The lowest BCUT2D eigenvalue weighted by atomic mass is 10.2. The highest BCUT2D eigenvalue weighted by molar-refractivity contribution is 5.75. The summed E-state index contributed by atoms with van der Waals surface area (Å²) in [5.41, 5.74) is 3.30. The second-order valence-corrected chi connectivity index (χ2v) is 4.39. The fraction of sp³-hybridized carbons (Fsp3) is 0.133. The molecule has 2 aromatic heterocycles. The minimum absolute atomic E-state index is 0.536. The fourth-order valence-electron chi connectivity index (χ4n) is 2.05. The summed E-state index contributed by atoms with van der Waals surface area (Å²) in [6.45, 7) is 0.629. The average Bonchev–Trinajstić information content (AvgIpc) is 2.90. The Kier molecular flexibility index (Phi) is 3.05. The molecule has 0 amide bonds. The molecule has 0 N–H and O–H groups in total. The van der Waals surface area contributed by atoms with E-state index >= 15 is 0 Å². The summed E-state index contributed by atoms with van der Waals surface area (Å²) in [6.07, 6.45) is 3.27. The van der Waals surface area contributed by atoms with Crippen LogP contribution in [0.2, 0.25) is 0 Å². The standard InChI is InChI=1S/C15H12N4O/c1-20-13-4-2-11(3-5-13)10-19-15-6-12(7-16)8-17-14(15)9-18-19/h2-6,8-9H,10H2,1H3. The van der Waals surface area contributed by atoms with Crippen LogP contribution in [0.4, 0.5) is 0 Å². The van der Waals surface area contributed by atoms with Crippen molar-refractivity contribution in [2.45, 2.75) is 6.54 Å². The summed E-state index contributed by atoms with van der Waals surface area (Å²) < 4.78 is 6.97. The van der Waals surface area contributed by atoms with Gasteiger partial charge in [-0.25, -0.2) is 0 Å². The van der Waals surface area contributed by atoms with Gasteiger partial charge in [0.25, 0.3) is 0 Å². The number of rotatable bonds is 3. The molecule has 0 spiro atoms. The van der Waals surface area contributed by atoms with E-state index in [9.17, 15) is 0 Å². The van der Waals surface area contributed by atoms with Crippen molar-refractivity contribution < 1.29 is 4.74 Å². The summed E-state index contributed by atoms with van der Waals surface area (Å²) >= 11 is 0. The molecule has 3 rings (SSSR count). The van der Waals surface area contributed by atoms with Gasteiger partial charge in [0, 0.05) is 6.20 Å². The Hall–Kier alpha value is -2.87. The second-order valence-electron chi connectivity index (χ2n) is 4.39. The summed E-state index contributed by atoms with van der Waals surface area (Å²) in [5.74, 6) is 0.826. The Morgan fingerprint density at radius 1 is 1.25 bits per heavy atom. The first-order valence-electron chi connectivity index (χ1n) is 6.15. The number of hydrogen-bond acceptors (Lipinski definition) is 4. The molecule has 0 saturated carbocycles. The molecule has 5 nitrogen and oxygen atoms in total. The molecule has 5 heteroatoms. The Morgan fingerprint density at radius 2 is 2.05 bits per heavy atom. The third-order valence-corrected chi connectivity index (χ3v) is 3.12. The Morgan fingerprint density at radius 3 is 2.75 bits per heavy atom. The maximum absolute atomic E-state index is 8.94. The van der Waals surface area contributed by atoms with Gasteiger partial charge in [-0.2, -0.15) is 10.4 Å². The Labute approximate surface area is 116 Å². The SMILES string of the molecule is COc1ccc(Cn2ncc3ncc(C#N)cc32)cc1. The van der Waals surface area contributed by atoms with E-state index in [0.717, 1.165) is 22.3 Å². The molecule has 0 atom stereocenters. The van der Waals surface area contributed by atoms with Crippen LogP contribution in [0.25, 0.3) is 11.0 Å². The molecule has 0 aliphatic rings. The topological polar surface area (TPSA) is 63.7 Å². The van der Waals surface area contributed by atoms with Gasteiger partial charge in [-0.1, -0.05) is 12.1 Å². The molecule has 3 aromatic rings. The third kappa shape index (κ3) is 2.19. The summed E-state index contributed by atoms with van der Waals surface area (Å²) in [4.78, 5) is 4.22. The first-order chi connectivity index (χ1) is 9.80. The smallest absolute Gasteiger partial charge is 0.118 e. The van der Waals surface area contributed by atoms with E-state index in [0.29, 0.717) is 12.1 Å². The van der Waals surface area contributed by atoms with Gasteiger partial charge in [0.1, 0.15) is 17.3 Å². The number of hydrogen-bond donors (Lipinski definition) is 0. The minimum atomic E-state index is 0.536. The normalized spacial score (nSPS) is 10.4. The van der Waals surface area contributed by atoms with Crippen molar-refractivity contribution in [3.8, 4) is 11.8 Å². The van der Waals surface area contributed by atoms with Crippen molar-refractivity contribution >= 4 is 11.0 Å². The summed E-state index contributed by atoms with van der Waals surface area (Å²) in [5, 5.41) is 13.3. The van der Waals surface area contributed by atoms with Crippen LogP contribution in [0.5, 0.6) is 5.75 Å². The van der Waals surface area contributed by atoms with E-state index in [2.05, 4.69) is 16.2 Å². The highest BCUT2D eigenvalue weighted by atomic mass is 16.5. The van der Waals surface area contributed by atoms with Crippen LogP contribution in [-0.2, 0) is 6.54 Å². The van der Waals surface area contributed by atoms with Gasteiger partial charge in [0.2, 0.25) is 0 Å². The molecule has 0 radical (unpaired) electrons. The number of ether oxygens (including phenoxy) is 1. The van der Waals surface area contributed by atoms with Gasteiger partial charge in [-0.05, 0) is 23.8 Å². The van der Waals surface area contributed by atoms with Crippen LogP contribution in [-0.4, -0.2) is 21.9 Å². The van der Waals surface area contributed by atoms with Crippen LogP contribution < -0.4 is 4.74 Å². The lowest BCUT2D eigenvalue weighted by Gasteiger charge is -2.05. The van der Waals surface area contributed by atoms with Crippen molar-refractivity contribution in [2.75, 3.05) is 7.11 Å². The van der Waals surface area contributed by atoms with Gasteiger partial charge in [0.05, 0.1) is 30.9 Å². The van der Waals surface area contributed by atoms with Crippen molar-refractivity contribution in [1.82, 2.24) is 14.8 Å². The van der Waals surface area contributed by atoms with Crippen LogP contribution >= 0.6 is 0 Å². The maximum Gasteiger partial charge on any atom is 0.118 e. The van der Waals surface area contributed by atoms with E-state index in [1.54, 1.807) is 25.6 Å². The van der Waals surface area contributed by atoms with Crippen molar-refractivity contribution in [3.63, 3.8) is 0 Å². The van der Waals surface area contributed by atoms with Crippen LogP contribution in [0.1, 0.15) is 11.1 Å². The molecule has 2 heterocycles. The Bertz CT molecular complexity index is 784. The third-order valence-electron chi connectivity index (χ3n) is 3.12. The zero-order valence-corrected chi connectivity index (χ0v) is 10.9. The minimum Gasteiger partial charge on any atom is -0.497 e.